The number of aromatic nitrogens is 4. The van der Waals surface area contributed by atoms with Crippen LogP contribution in [0.25, 0.3) is 0 Å². The van der Waals surface area contributed by atoms with Gasteiger partial charge in [0.25, 0.3) is 11.6 Å². The van der Waals surface area contributed by atoms with Gasteiger partial charge in [-0.05, 0) is 61.6 Å². The summed E-state index contributed by atoms with van der Waals surface area (Å²) in [6, 6.07) is 1.04. The van der Waals surface area contributed by atoms with E-state index in [-0.39, 0.29) is 54.3 Å². The third-order valence-electron chi connectivity index (χ3n) is 9.55. The molecule has 2 aromatic rings. The molecule has 0 radical (unpaired) electrons. The molecule has 3 aliphatic rings. The molecule has 4 heterocycles. The van der Waals surface area contributed by atoms with E-state index in [0.29, 0.717) is 15.6 Å². The van der Waals surface area contributed by atoms with Gasteiger partial charge in [0.1, 0.15) is 35.9 Å². The number of nitrogens with one attached hydrogen (secondary N) is 3. The first-order chi connectivity index (χ1) is 27.9. The van der Waals surface area contributed by atoms with E-state index < -0.39 is 77.5 Å². The zero-order chi connectivity index (χ0) is 43.3. The number of nitrogens with two attached hydrogens (primary N) is 1. The van der Waals surface area contributed by atoms with Gasteiger partial charge in [0, 0.05) is 43.9 Å². The molecular weight excluding hydrogens is 821 g/mol. The van der Waals surface area contributed by atoms with Gasteiger partial charge in [-0.3, -0.25) is 44.0 Å². The number of likely N-dealkylation sites (N-methyl/N-ethyl adjacent to an activating group) is 1. The number of ether oxygens (including phenoxy) is 2. The maximum atomic E-state index is 14.2. The summed E-state index contributed by atoms with van der Waals surface area (Å²) in [5, 5.41) is 37.7. The molecule has 0 bridgehead atoms. The molecule has 59 heavy (non-hydrogen) atoms. The van der Waals surface area contributed by atoms with E-state index in [4.69, 9.17) is 20.3 Å². The summed E-state index contributed by atoms with van der Waals surface area (Å²) in [6.07, 6.45) is -1.26. The number of rotatable bonds is 16. The summed E-state index contributed by atoms with van der Waals surface area (Å²) >= 11 is 2.30. The molecule has 5 atom stereocenters. The first-order valence-corrected chi connectivity index (χ1v) is 19.8. The molecular formula is C33H42N12O12S2. The van der Waals surface area contributed by atoms with E-state index in [9.17, 15) is 43.5 Å². The number of hydrogen-bond acceptors (Lipinski definition) is 17. The predicted molar refractivity (Wildman–Crippen MR) is 205 cm³/mol. The largest absolute Gasteiger partial charge is 0.480 e. The van der Waals surface area contributed by atoms with Crippen molar-refractivity contribution < 1.29 is 58.0 Å². The van der Waals surface area contributed by atoms with Gasteiger partial charge < -0.3 is 41.0 Å². The molecule has 0 aliphatic carbocycles. The van der Waals surface area contributed by atoms with E-state index in [0.717, 1.165) is 23.8 Å². The molecule has 7 amide bonds. The number of benzene rings is 1. The first kappa shape index (κ1) is 44.3. The molecule has 1 unspecified atom stereocenters. The lowest BCUT2D eigenvalue weighted by Crippen LogP contribution is -2.81. The maximum absolute atomic E-state index is 14.2. The van der Waals surface area contributed by atoms with Gasteiger partial charge in [0.05, 0.1) is 0 Å². The number of carbonyl (C=O) groups is 8. The van der Waals surface area contributed by atoms with Crippen LogP contribution in [0.5, 0.6) is 0 Å². The minimum Gasteiger partial charge on any atom is -0.480 e. The van der Waals surface area contributed by atoms with E-state index in [1.54, 1.807) is 11.6 Å². The quantitative estimate of drug-likeness (QED) is 0.0492. The summed E-state index contributed by atoms with van der Waals surface area (Å²) in [5.41, 5.74) is 3.50. The number of carbonyl (C=O) groups excluding carboxylic acids is 6. The highest BCUT2D eigenvalue weighted by Gasteiger charge is 2.67. The molecule has 1 aromatic carbocycles. The molecule has 2 saturated heterocycles. The van der Waals surface area contributed by atoms with Crippen molar-refractivity contribution in [1.82, 2.24) is 50.4 Å². The Labute approximate surface area is 344 Å². The molecule has 0 spiro atoms. The highest BCUT2D eigenvalue weighted by Crippen LogP contribution is 2.47. The molecule has 24 nitrogen and oxygen atoms in total. The van der Waals surface area contributed by atoms with Crippen molar-refractivity contribution in [3.05, 3.63) is 41.1 Å². The maximum Gasteiger partial charge on any atom is 0.411 e. The number of β-lactam (4-membered cyclic amide) rings is 1. The van der Waals surface area contributed by atoms with Gasteiger partial charge in [-0.15, -0.1) is 16.9 Å². The summed E-state index contributed by atoms with van der Waals surface area (Å²) in [7, 11) is 4.83. The van der Waals surface area contributed by atoms with Crippen LogP contribution in [-0.4, -0.2) is 174 Å². The van der Waals surface area contributed by atoms with Crippen LogP contribution in [0.3, 0.4) is 0 Å². The Kier molecular flexibility index (Phi) is 13.8. The van der Waals surface area contributed by atoms with E-state index in [1.807, 2.05) is 25.9 Å². The smallest absolute Gasteiger partial charge is 0.411 e. The Hall–Kier alpha value is -5.83. The lowest BCUT2D eigenvalue weighted by atomic mass is 9.97. The molecule has 2 fully saturated rings. The van der Waals surface area contributed by atoms with Crippen LogP contribution < -0.4 is 21.7 Å². The number of carboxylic acids is 2. The summed E-state index contributed by atoms with van der Waals surface area (Å²) in [5.74, 6) is -6.55. The average molecular weight is 863 g/mol. The van der Waals surface area contributed by atoms with Crippen molar-refractivity contribution in [1.29, 1.82) is 0 Å². The zero-order valence-corrected chi connectivity index (χ0v) is 33.9. The Balaban J connectivity index is 1.38. The molecule has 1 aromatic heterocycles. The van der Waals surface area contributed by atoms with Crippen LogP contribution >= 0.6 is 23.5 Å². The van der Waals surface area contributed by atoms with Gasteiger partial charge >= 0.3 is 35.9 Å². The van der Waals surface area contributed by atoms with Crippen LogP contribution in [0.1, 0.15) is 31.6 Å². The van der Waals surface area contributed by atoms with Gasteiger partial charge in [0.15, 0.2) is 0 Å². The second-order valence-electron chi connectivity index (χ2n) is 13.3. The topological polar surface area (TPSA) is 314 Å². The van der Waals surface area contributed by atoms with E-state index in [1.165, 1.54) is 40.9 Å². The summed E-state index contributed by atoms with van der Waals surface area (Å²) in [4.78, 5) is 108. The number of hydrogen-bond donors (Lipinski definition) is 6. The monoisotopic (exact) mass is 862 g/mol. The minimum atomic E-state index is -2.12. The van der Waals surface area contributed by atoms with Crippen molar-refractivity contribution >= 4 is 76.9 Å². The number of nitrogens with zero attached hydrogens (tertiary/aromatic N) is 8. The van der Waals surface area contributed by atoms with Crippen LogP contribution in [-0.2, 0) is 38.2 Å². The zero-order valence-electron chi connectivity index (χ0n) is 32.3. The van der Waals surface area contributed by atoms with Crippen LogP contribution in [0, 0.1) is 0 Å². The lowest BCUT2D eigenvalue weighted by Gasteiger charge is -2.56. The lowest BCUT2D eigenvalue weighted by molar-refractivity contribution is -0.192. The number of methoxy groups -OCH3 is 1. The number of piperazine rings is 1. The molecule has 318 valence electrons. The fraction of sp³-hybridized carbons (Fsp3) is 0.485. The normalized spacial score (nSPS) is 20.7. The number of fused-ring (bicyclic) bond motifs is 1. The second kappa shape index (κ2) is 18.4. The molecule has 5 rings (SSSR count). The minimum absolute atomic E-state index is 0.0430. The van der Waals surface area contributed by atoms with Crippen LogP contribution in [0.2, 0.25) is 0 Å². The molecule has 26 heteroatoms. The van der Waals surface area contributed by atoms with Gasteiger partial charge in [-0.1, -0.05) is 23.9 Å². The number of imide groups is 1. The van der Waals surface area contributed by atoms with E-state index in [2.05, 4.69) is 31.5 Å². The Morgan fingerprint density at radius 3 is 2.41 bits per heavy atom. The predicted octanol–water partition coefficient (Wildman–Crippen LogP) is -1.34. The Morgan fingerprint density at radius 1 is 1.10 bits per heavy atom. The average Bonchev–Trinajstić information content (AvgIpc) is 3.68. The molecule has 7 N–H and O–H groups in total. The number of carboxylic acid groups (broad SMARTS) is 2. The Bertz CT molecular complexity index is 2050. The van der Waals surface area contributed by atoms with Gasteiger partial charge in [-0.2, -0.15) is 0 Å². The van der Waals surface area contributed by atoms with Crippen LogP contribution in [0.15, 0.2) is 40.7 Å². The third kappa shape index (κ3) is 9.09. The molecule has 3 aliphatic heterocycles. The second-order valence-corrected chi connectivity index (χ2v) is 15.3. The van der Waals surface area contributed by atoms with Crippen LogP contribution in [0.4, 0.5) is 15.3 Å². The first-order valence-electron chi connectivity index (χ1n) is 17.7. The fourth-order valence-corrected chi connectivity index (χ4v) is 8.54. The fourth-order valence-electron chi connectivity index (χ4n) is 6.02. The Morgan fingerprint density at radius 2 is 1.80 bits per heavy atom. The number of tetrazole rings is 1. The van der Waals surface area contributed by atoms with Crippen molar-refractivity contribution in [2.24, 2.45) is 5.73 Å². The van der Waals surface area contributed by atoms with Crippen molar-refractivity contribution in [2.45, 2.75) is 48.4 Å². The van der Waals surface area contributed by atoms with Crippen molar-refractivity contribution in [3.63, 3.8) is 0 Å². The summed E-state index contributed by atoms with van der Waals surface area (Å²) < 4.78 is 12.0. The SMILES string of the molecule is CCN1CCN(C(=O)N[C@@H](C(=O)N[C@]2(OC)C(=O)N3C(C(=O)O)=C(CSc4nnnn4C(C)N(C)C)CS[C@@H]32)c2ccc(NC(=O)OC[C@@H](N)C(=O)O)cc2)C(=O)C1=O. The standard InChI is InChI=1S/C33H42N12O12S2/c1-6-42-11-12-43(25(48)24(42)47)30(54)36-21(17-7-9-19(10-8-17)35-32(55)57-13-20(34)26(49)50)23(46)37-33(56-5)28(53)44-22(27(51)52)18(14-58-29(33)44)15-59-31-38-39-40-45(31)16(2)41(3)4/h7-10,16,20-21,29H,6,11-15,34H2,1-5H3,(H,35,55)(H,36,54)(H,37,46)(H,49,50)(H,51,52)/t16?,20-,21-,29-,33+/m1/s1. The number of urea groups is 1. The highest BCUT2D eigenvalue weighted by molar-refractivity contribution is 8.01. The highest BCUT2D eigenvalue weighted by atomic mass is 32.2. The number of aliphatic carboxylic acids is 2. The summed E-state index contributed by atoms with van der Waals surface area (Å²) in [6.45, 7) is 3.00. The number of anilines is 1. The van der Waals surface area contributed by atoms with Gasteiger partial charge in [-0.25, -0.2) is 19.1 Å². The van der Waals surface area contributed by atoms with E-state index >= 15 is 0 Å². The number of thioether (sulfide) groups is 2. The van der Waals surface area contributed by atoms with Crippen molar-refractivity contribution in [2.75, 3.05) is 64.3 Å². The number of amides is 7. The third-order valence-corrected chi connectivity index (χ3v) is 11.9. The van der Waals surface area contributed by atoms with Crippen molar-refractivity contribution in [3.8, 4) is 0 Å². The van der Waals surface area contributed by atoms with Gasteiger partial charge in [0.2, 0.25) is 11.1 Å². The molecule has 0 saturated carbocycles.